The minimum absolute atomic E-state index is 0.0503. The van der Waals surface area contributed by atoms with E-state index in [1.165, 1.54) is 35.4 Å². The molecule has 0 spiro atoms. The van der Waals surface area contributed by atoms with E-state index in [4.69, 9.17) is 9.47 Å². The number of ether oxygens (including phenoxy) is 2. The van der Waals surface area contributed by atoms with E-state index in [2.05, 4.69) is 0 Å². The molecule has 0 unspecified atom stereocenters. The molecule has 0 amide bonds. The van der Waals surface area contributed by atoms with E-state index in [9.17, 15) is 40.2 Å². The molecule has 0 heterocycles. The Kier molecular flexibility index (Phi) is 10.6. The standard InChI is InChI=1S/C38H42O10S2/c1-13-15(3)27(39)21(9)31(43)25(13)37(45)47-33-23(11)29(41)17(5)19(7)35(33)49-50-36-20(8)18(6)30(42)24(12)34(36)48-38(46)26-14(2)16(4)28(40)22(10)32(26)44/h39-44H,1-12H3. The lowest BCUT2D eigenvalue weighted by Crippen LogP contribution is -2.14. The Labute approximate surface area is 299 Å². The van der Waals surface area contributed by atoms with Gasteiger partial charge < -0.3 is 40.1 Å². The quantitative estimate of drug-likeness (QED) is 0.0608. The highest BCUT2D eigenvalue weighted by Gasteiger charge is 2.30. The molecule has 0 radical (unpaired) electrons. The van der Waals surface area contributed by atoms with Gasteiger partial charge >= 0.3 is 11.9 Å². The molecular weight excluding hydrogens is 681 g/mol. The molecule has 12 heteroatoms. The molecule has 0 aromatic heterocycles. The average Bonchev–Trinajstić information content (AvgIpc) is 3.08. The summed E-state index contributed by atoms with van der Waals surface area (Å²) in [5.74, 6) is -2.91. The van der Waals surface area contributed by atoms with Crippen molar-refractivity contribution in [2.24, 2.45) is 0 Å². The third kappa shape index (κ3) is 6.15. The molecule has 0 saturated carbocycles. The number of carbonyl (C=O) groups excluding carboxylic acids is 2. The number of hydrogen-bond acceptors (Lipinski definition) is 12. The molecule has 0 bridgehead atoms. The molecule has 6 N–H and O–H groups in total. The Morgan fingerprint density at radius 1 is 0.360 bits per heavy atom. The maximum atomic E-state index is 13.7. The van der Waals surface area contributed by atoms with Crippen molar-refractivity contribution >= 4 is 33.5 Å². The summed E-state index contributed by atoms with van der Waals surface area (Å²) in [5, 5.41) is 64.4. The van der Waals surface area contributed by atoms with Gasteiger partial charge in [0.15, 0.2) is 11.5 Å². The first-order valence-electron chi connectivity index (χ1n) is 15.6. The Bertz CT molecular complexity index is 1920. The molecule has 10 nitrogen and oxygen atoms in total. The van der Waals surface area contributed by atoms with Crippen LogP contribution in [0.4, 0.5) is 0 Å². The third-order valence-corrected chi connectivity index (χ3v) is 12.5. The van der Waals surface area contributed by atoms with Gasteiger partial charge in [-0.05, 0) is 149 Å². The van der Waals surface area contributed by atoms with Crippen LogP contribution in [-0.4, -0.2) is 42.6 Å². The fraction of sp³-hybridized carbons (Fsp3) is 0.316. The molecule has 266 valence electrons. The zero-order valence-corrected chi connectivity index (χ0v) is 31.8. The van der Waals surface area contributed by atoms with Crippen molar-refractivity contribution in [1.82, 2.24) is 0 Å². The predicted octanol–water partition coefficient (Wildman–Crippen LogP) is 8.86. The topological polar surface area (TPSA) is 174 Å². The Morgan fingerprint density at radius 3 is 0.920 bits per heavy atom. The number of phenols is 6. The number of aromatic hydroxyl groups is 6. The number of phenolic OH excluding ortho intramolecular Hbond substituents is 6. The fourth-order valence-corrected chi connectivity index (χ4v) is 8.69. The van der Waals surface area contributed by atoms with Crippen molar-refractivity contribution in [2.75, 3.05) is 0 Å². The number of carbonyl (C=O) groups is 2. The Balaban J connectivity index is 1.84. The van der Waals surface area contributed by atoms with Crippen molar-refractivity contribution in [1.29, 1.82) is 0 Å². The van der Waals surface area contributed by atoms with Crippen LogP contribution < -0.4 is 9.47 Å². The van der Waals surface area contributed by atoms with Gasteiger partial charge in [-0.2, -0.15) is 0 Å². The minimum atomic E-state index is -0.888. The number of benzene rings is 4. The van der Waals surface area contributed by atoms with Crippen LogP contribution in [0.1, 0.15) is 87.5 Å². The molecular formula is C38H42O10S2. The molecule has 0 saturated heterocycles. The van der Waals surface area contributed by atoms with Crippen LogP contribution in [0.3, 0.4) is 0 Å². The van der Waals surface area contributed by atoms with E-state index < -0.39 is 23.4 Å². The average molecular weight is 723 g/mol. The van der Waals surface area contributed by atoms with Gasteiger partial charge in [-0.3, -0.25) is 0 Å². The molecule has 4 aromatic rings. The lowest BCUT2D eigenvalue weighted by Gasteiger charge is -2.22. The summed E-state index contributed by atoms with van der Waals surface area (Å²) < 4.78 is 11.9. The van der Waals surface area contributed by atoms with Gasteiger partial charge in [0.2, 0.25) is 0 Å². The maximum Gasteiger partial charge on any atom is 0.347 e. The van der Waals surface area contributed by atoms with Crippen LogP contribution >= 0.6 is 21.6 Å². The van der Waals surface area contributed by atoms with Crippen LogP contribution in [-0.2, 0) is 0 Å². The van der Waals surface area contributed by atoms with Gasteiger partial charge in [0, 0.05) is 22.3 Å². The second kappa shape index (κ2) is 13.9. The van der Waals surface area contributed by atoms with Crippen molar-refractivity contribution in [2.45, 2.75) is 92.9 Å². The first-order valence-corrected chi connectivity index (χ1v) is 17.8. The van der Waals surface area contributed by atoms with E-state index in [-0.39, 0.29) is 67.9 Å². The highest BCUT2D eigenvalue weighted by molar-refractivity contribution is 8.76. The molecule has 0 atom stereocenters. The molecule has 4 rings (SSSR count). The molecule has 0 aliphatic rings. The lowest BCUT2D eigenvalue weighted by molar-refractivity contribution is 0.0714. The zero-order chi connectivity index (χ0) is 37.8. The van der Waals surface area contributed by atoms with Crippen LogP contribution in [0.5, 0.6) is 46.0 Å². The molecule has 4 aromatic carbocycles. The van der Waals surface area contributed by atoms with Gasteiger partial charge in [0.05, 0.1) is 9.79 Å². The van der Waals surface area contributed by atoms with E-state index >= 15 is 0 Å². The second-order valence-corrected chi connectivity index (χ2v) is 14.8. The highest BCUT2D eigenvalue weighted by atomic mass is 33.1. The van der Waals surface area contributed by atoms with E-state index in [1.807, 2.05) is 0 Å². The normalized spacial score (nSPS) is 11.2. The fourth-order valence-electron chi connectivity index (χ4n) is 5.72. The summed E-state index contributed by atoms with van der Waals surface area (Å²) in [6.07, 6.45) is 0. The smallest absolute Gasteiger partial charge is 0.347 e. The summed E-state index contributed by atoms with van der Waals surface area (Å²) in [4.78, 5) is 28.3. The Hall–Kier alpha value is -4.68. The SMILES string of the molecule is Cc1c(C)c(C(=O)Oc2c(C)c(O)c(C)c(C)c2SSc2c(C)c(C)c(O)c(C)c2OC(=O)c2c(C)c(C)c(O)c(C)c2O)c(O)c(C)c1O. The Morgan fingerprint density at radius 2 is 0.620 bits per heavy atom. The summed E-state index contributed by atoms with van der Waals surface area (Å²) in [6, 6.07) is 0. The van der Waals surface area contributed by atoms with Gasteiger partial charge in [-0.25, -0.2) is 9.59 Å². The van der Waals surface area contributed by atoms with Gasteiger partial charge in [0.25, 0.3) is 0 Å². The number of hydrogen-bond donors (Lipinski definition) is 6. The van der Waals surface area contributed by atoms with Gasteiger partial charge in [-0.1, -0.05) is 0 Å². The zero-order valence-electron chi connectivity index (χ0n) is 30.1. The first kappa shape index (κ1) is 38.1. The maximum absolute atomic E-state index is 13.7. The second-order valence-electron chi connectivity index (χ2n) is 12.6. The largest absolute Gasteiger partial charge is 0.507 e. The van der Waals surface area contributed by atoms with Crippen LogP contribution in [0, 0.1) is 83.1 Å². The summed E-state index contributed by atoms with van der Waals surface area (Å²) in [6.45, 7) is 19.6. The van der Waals surface area contributed by atoms with Gasteiger partial charge in [0.1, 0.15) is 45.6 Å². The number of esters is 2. The van der Waals surface area contributed by atoms with Crippen LogP contribution in [0.25, 0.3) is 0 Å². The van der Waals surface area contributed by atoms with Crippen molar-refractivity contribution in [3.8, 4) is 46.0 Å². The summed E-state index contributed by atoms with van der Waals surface area (Å²) >= 11 is 0. The predicted molar refractivity (Wildman–Crippen MR) is 194 cm³/mol. The van der Waals surface area contributed by atoms with Crippen molar-refractivity contribution in [3.63, 3.8) is 0 Å². The van der Waals surface area contributed by atoms with Crippen molar-refractivity contribution in [3.05, 3.63) is 77.9 Å². The lowest BCUT2D eigenvalue weighted by atomic mass is 9.97. The molecule has 0 aliphatic carbocycles. The van der Waals surface area contributed by atoms with E-state index in [0.29, 0.717) is 54.3 Å². The third-order valence-electron chi connectivity index (χ3n) is 9.81. The molecule has 0 aliphatic heterocycles. The van der Waals surface area contributed by atoms with Crippen molar-refractivity contribution < 1.29 is 49.7 Å². The van der Waals surface area contributed by atoms with E-state index in [0.717, 1.165) is 0 Å². The highest BCUT2D eigenvalue weighted by Crippen LogP contribution is 2.54. The number of rotatable bonds is 7. The molecule has 50 heavy (non-hydrogen) atoms. The van der Waals surface area contributed by atoms with Gasteiger partial charge in [-0.15, -0.1) is 0 Å². The first-order chi connectivity index (χ1) is 23.2. The molecule has 0 fully saturated rings. The monoisotopic (exact) mass is 722 g/mol. The van der Waals surface area contributed by atoms with Crippen LogP contribution in [0.2, 0.25) is 0 Å². The minimum Gasteiger partial charge on any atom is -0.507 e. The summed E-state index contributed by atoms with van der Waals surface area (Å²) in [5.41, 5.74) is 4.36. The summed E-state index contributed by atoms with van der Waals surface area (Å²) in [7, 11) is 2.35. The van der Waals surface area contributed by atoms with E-state index in [1.54, 1.807) is 69.2 Å². The van der Waals surface area contributed by atoms with Crippen LogP contribution in [0.15, 0.2) is 9.79 Å².